The van der Waals surface area contributed by atoms with Gasteiger partial charge in [0.05, 0.1) is 7.11 Å². The zero-order chi connectivity index (χ0) is 11.7. The molecule has 1 unspecified atom stereocenters. The van der Waals surface area contributed by atoms with Crippen molar-refractivity contribution in [2.75, 3.05) is 20.2 Å². The SMILES string of the molecule is COc1cccc2nc(C3CCCNC3)nn12. The van der Waals surface area contributed by atoms with Crippen LogP contribution in [-0.4, -0.2) is 34.8 Å². The number of hydrogen-bond acceptors (Lipinski definition) is 4. The van der Waals surface area contributed by atoms with Crippen LogP contribution in [0.5, 0.6) is 5.88 Å². The highest BCUT2D eigenvalue weighted by molar-refractivity contribution is 5.41. The number of aromatic nitrogens is 3. The second-order valence-corrected chi connectivity index (χ2v) is 4.35. The highest BCUT2D eigenvalue weighted by Crippen LogP contribution is 2.22. The Kier molecular flexibility index (Phi) is 2.68. The van der Waals surface area contributed by atoms with Gasteiger partial charge in [-0.25, -0.2) is 4.98 Å². The van der Waals surface area contributed by atoms with Crippen molar-refractivity contribution in [2.24, 2.45) is 0 Å². The number of fused-ring (bicyclic) bond motifs is 1. The van der Waals surface area contributed by atoms with Gasteiger partial charge in [0.2, 0.25) is 5.88 Å². The van der Waals surface area contributed by atoms with Gasteiger partial charge in [-0.05, 0) is 25.5 Å². The highest BCUT2D eigenvalue weighted by Gasteiger charge is 2.20. The van der Waals surface area contributed by atoms with Crippen LogP contribution < -0.4 is 10.1 Å². The third kappa shape index (κ3) is 1.86. The molecule has 0 saturated carbocycles. The van der Waals surface area contributed by atoms with Gasteiger partial charge in [-0.1, -0.05) is 6.07 Å². The summed E-state index contributed by atoms with van der Waals surface area (Å²) in [7, 11) is 1.65. The molecule has 5 nitrogen and oxygen atoms in total. The zero-order valence-corrected chi connectivity index (χ0v) is 9.89. The number of ether oxygens (including phenoxy) is 1. The Morgan fingerprint density at radius 1 is 1.47 bits per heavy atom. The summed E-state index contributed by atoms with van der Waals surface area (Å²) in [5, 5.41) is 7.93. The fourth-order valence-corrected chi connectivity index (χ4v) is 2.30. The second kappa shape index (κ2) is 4.33. The van der Waals surface area contributed by atoms with Gasteiger partial charge >= 0.3 is 0 Å². The average Bonchev–Trinajstić information content (AvgIpc) is 2.83. The lowest BCUT2D eigenvalue weighted by Gasteiger charge is -2.19. The fraction of sp³-hybridized carbons (Fsp3) is 0.500. The summed E-state index contributed by atoms with van der Waals surface area (Å²) >= 11 is 0. The standard InChI is InChI=1S/C12H16N4O/c1-17-11-6-2-5-10-14-12(15-16(10)11)9-4-3-7-13-8-9/h2,5-6,9,13H,3-4,7-8H2,1H3. The van der Waals surface area contributed by atoms with Gasteiger partial charge in [-0.3, -0.25) is 0 Å². The predicted octanol–water partition coefficient (Wildman–Crippen LogP) is 1.20. The van der Waals surface area contributed by atoms with E-state index in [0.717, 1.165) is 36.9 Å². The van der Waals surface area contributed by atoms with Crippen LogP contribution in [0.4, 0.5) is 0 Å². The van der Waals surface area contributed by atoms with Gasteiger partial charge < -0.3 is 10.1 Å². The second-order valence-electron chi connectivity index (χ2n) is 4.35. The Balaban J connectivity index is 2.00. The fourth-order valence-electron chi connectivity index (χ4n) is 2.30. The van der Waals surface area contributed by atoms with Crippen molar-refractivity contribution >= 4 is 5.65 Å². The monoisotopic (exact) mass is 232 g/mol. The summed E-state index contributed by atoms with van der Waals surface area (Å²) in [6.07, 6.45) is 2.35. The topological polar surface area (TPSA) is 51.5 Å². The first-order valence-electron chi connectivity index (χ1n) is 5.99. The van der Waals surface area contributed by atoms with Crippen molar-refractivity contribution < 1.29 is 4.74 Å². The summed E-state index contributed by atoms with van der Waals surface area (Å²) in [5.41, 5.74) is 0.852. The molecule has 1 fully saturated rings. The summed E-state index contributed by atoms with van der Waals surface area (Å²) in [6, 6.07) is 5.78. The van der Waals surface area contributed by atoms with Crippen LogP contribution in [0.1, 0.15) is 24.6 Å². The van der Waals surface area contributed by atoms with Crippen LogP contribution in [0.15, 0.2) is 18.2 Å². The number of methoxy groups -OCH3 is 1. The van der Waals surface area contributed by atoms with Crippen molar-refractivity contribution in [2.45, 2.75) is 18.8 Å². The van der Waals surface area contributed by atoms with Crippen LogP contribution in [0.3, 0.4) is 0 Å². The van der Waals surface area contributed by atoms with E-state index in [1.807, 2.05) is 18.2 Å². The molecular weight excluding hydrogens is 216 g/mol. The normalized spacial score (nSPS) is 20.6. The quantitative estimate of drug-likeness (QED) is 0.845. The molecule has 0 radical (unpaired) electrons. The molecule has 0 spiro atoms. The third-order valence-electron chi connectivity index (χ3n) is 3.21. The zero-order valence-electron chi connectivity index (χ0n) is 9.89. The van der Waals surface area contributed by atoms with Crippen molar-refractivity contribution in [1.82, 2.24) is 19.9 Å². The lowest BCUT2D eigenvalue weighted by molar-refractivity contribution is 0.383. The molecule has 1 aliphatic heterocycles. The summed E-state index contributed by atoms with van der Waals surface area (Å²) in [6.45, 7) is 2.08. The van der Waals surface area contributed by atoms with Crippen LogP contribution in [0.25, 0.3) is 5.65 Å². The van der Waals surface area contributed by atoms with E-state index < -0.39 is 0 Å². The van der Waals surface area contributed by atoms with E-state index in [9.17, 15) is 0 Å². The molecule has 1 saturated heterocycles. The maximum atomic E-state index is 5.27. The summed E-state index contributed by atoms with van der Waals surface area (Å²) in [4.78, 5) is 4.58. The lowest BCUT2D eigenvalue weighted by Crippen LogP contribution is -2.29. The molecule has 0 amide bonds. The maximum absolute atomic E-state index is 5.27. The molecule has 1 atom stereocenters. The molecule has 0 bridgehead atoms. The molecule has 90 valence electrons. The van der Waals surface area contributed by atoms with Gasteiger partial charge in [0.25, 0.3) is 0 Å². The van der Waals surface area contributed by atoms with Crippen LogP contribution >= 0.6 is 0 Å². The Hall–Kier alpha value is -1.62. The molecule has 0 aromatic carbocycles. The third-order valence-corrected chi connectivity index (χ3v) is 3.21. The molecule has 3 rings (SSSR count). The first-order chi connectivity index (χ1) is 8.38. The number of pyridine rings is 1. The van der Waals surface area contributed by atoms with E-state index >= 15 is 0 Å². The number of nitrogens with one attached hydrogen (secondary N) is 1. The van der Waals surface area contributed by atoms with Gasteiger partial charge in [0, 0.05) is 18.5 Å². The highest BCUT2D eigenvalue weighted by atomic mass is 16.5. The summed E-state index contributed by atoms with van der Waals surface area (Å²) < 4.78 is 7.04. The minimum absolute atomic E-state index is 0.424. The van der Waals surface area contributed by atoms with Gasteiger partial charge in [-0.15, -0.1) is 5.10 Å². The minimum Gasteiger partial charge on any atom is -0.481 e. The summed E-state index contributed by atoms with van der Waals surface area (Å²) in [5.74, 6) is 2.07. The molecule has 2 aromatic heterocycles. The average molecular weight is 232 g/mol. The molecular formula is C12H16N4O. The van der Waals surface area contributed by atoms with Crippen molar-refractivity contribution in [3.8, 4) is 5.88 Å². The van der Waals surface area contributed by atoms with Crippen molar-refractivity contribution in [1.29, 1.82) is 0 Å². The van der Waals surface area contributed by atoms with Crippen LogP contribution in [0, 0.1) is 0 Å². The Bertz CT molecular complexity index is 516. The Morgan fingerprint density at radius 2 is 2.41 bits per heavy atom. The van der Waals surface area contributed by atoms with Crippen molar-refractivity contribution in [3.63, 3.8) is 0 Å². The molecule has 0 aliphatic carbocycles. The van der Waals surface area contributed by atoms with E-state index in [-0.39, 0.29) is 0 Å². The predicted molar refractivity (Wildman–Crippen MR) is 64.4 cm³/mol. The van der Waals surface area contributed by atoms with Crippen LogP contribution in [0.2, 0.25) is 0 Å². The van der Waals surface area contributed by atoms with E-state index in [1.54, 1.807) is 11.6 Å². The number of piperidine rings is 1. The first kappa shape index (κ1) is 10.5. The molecule has 2 aromatic rings. The van der Waals surface area contributed by atoms with E-state index in [1.165, 1.54) is 6.42 Å². The Morgan fingerprint density at radius 3 is 3.18 bits per heavy atom. The van der Waals surface area contributed by atoms with E-state index in [2.05, 4.69) is 15.4 Å². The van der Waals surface area contributed by atoms with E-state index in [4.69, 9.17) is 4.74 Å². The van der Waals surface area contributed by atoms with Gasteiger partial charge in [-0.2, -0.15) is 4.52 Å². The van der Waals surface area contributed by atoms with Crippen molar-refractivity contribution in [3.05, 3.63) is 24.0 Å². The first-order valence-corrected chi connectivity index (χ1v) is 5.99. The molecule has 3 heterocycles. The largest absolute Gasteiger partial charge is 0.481 e. The molecule has 1 aliphatic rings. The minimum atomic E-state index is 0.424. The molecule has 17 heavy (non-hydrogen) atoms. The van der Waals surface area contributed by atoms with E-state index in [0.29, 0.717) is 5.92 Å². The smallest absolute Gasteiger partial charge is 0.216 e. The van der Waals surface area contributed by atoms with Gasteiger partial charge in [0.15, 0.2) is 11.5 Å². The van der Waals surface area contributed by atoms with Crippen LogP contribution in [-0.2, 0) is 0 Å². The molecule has 5 heteroatoms. The maximum Gasteiger partial charge on any atom is 0.216 e. The van der Waals surface area contributed by atoms with Gasteiger partial charge in [0.1, 0.15) is 0 Å². The Labute approximate surface area is 99.8 Å². The number of rotatable bonds is 2. The lowest BCUT2D eigenvalue weighted by atomic mass is 9.99. The number of hydrogen-bond donors (Lipinski definition) is 1. The number of nitrogens with zero attached hydrogens (tertiary/aromatic N) is 3. The molecule has 1 N–H and O–H groups in total.